The highest BCUT2D eigenvalue weighted by Gasteiger charge is 2.33. The Kier molecular flexibility index (Phi) is 3.23. The van der Waals surface area contributed by atoms with Gasteiger partial charge in [-0.15, -0.1) is 0 Å². The lowest BCUT2D eigenvalue weighted by Crippen LogP contribution is -2.34. The number of hydrogen-bond donors (Lipinski definition) is 2. The fraction of sp³-hybridized carbons (Fsp3) is 0.545. The minimum atomic E-state index is -0.224. The van der Waals surface area contributed by atoms with Crippen LogP contribution in [0.5, 0.6) is 0 Å². The van der Waals surface area contributed by atoms with Crippen molar-refractivity contribution < 1.29 is 4.52 Å². The largest absolute Gasteiger partial charge is 0.342 e. The van der Waals surface area contributed by atoms with Gasteiger partial charge in [-0.1, -0.05) is 19.0 Å². The van der Waals surface area contributed by atoms with Crippen molar-refractivity contribution in [3.63, 3.8) is 0 Å². The highest BCUT2D eigenvalue weighted by molar-refractivity contribution is 5.41. The van der Waals surface area contributed by atoms with Crippen LogP contribution >= 0.6 is 0 Å². The molecule has 2 rings (SSSR count). The van der Waals surface area contributed by atoms with Crippen LogP contribution < -0.4 is 5.73 Å². The Morgan fingerprint density at radius 2 is 2.18 bits per heavy atom. The number of aromatic amines is 1. The highest BCUT2D eigenvalue weighted by atomic mass is 16.5. The van der Waals surface area contributed by atoms with Crippen LogP contribution in [0.25, 0.3) is 11.6 Å². The summed E-state index contributed by atoms with van der Waals surface area (Å²) in [6.07, 6.45) is 5.13. The van der Waals surface area contributed by atoms with Crippen molar-refractivity contribution >= 4 is 0 Å². The molecule has 2 aromatic heterocycles. The third-order valence-electron chi connectivity index (χ3n) is 3.33. The maximum atomic E-state index is 5.84. The summed E-state index contributed by atoms with van der Waals surface area (Å²) >= 11 is 0. The van der Waals surface area contributed by atoms with E-state index in [0.29, 0.717) is 24.1 Å². The predicted molar refractivity (Wildman–Crippen MR) is 63.2 cm³/mol. The van der Waals surface area contributed by atoms with Gasteiger partial charge in [0.15, 0.2) is 5.82 Å². The first-order valence-electron chi connectivity index (χ1n) is 5.79. The Bertz CT molecular complexity index is 450. The van der Waals surface area contributed by atoms with Gasteiger partial charge in [0.25, 0.3) is 0 Å². The van der Waals surface area contributed by atoms with Gasteiger partial charge >= 0.3 is 0 Å². The molecule has 2 aromatic rings. The molecule has 92 valence electrons. The van der Waals surface area contributed by atoms with Crippen molar-refractivity contribution in [2.45, 2.75) is 32.1 Å². The van der Waals surface area contributed by atoms with E-state index < -0.39 is 0 Å². The number of imidazole rings is 1. The third-order valence-corrected chi connectivity index (χ3v) is 3.33. The number of nitrogens with two attached hydrogens (primary N) is 1. The van der Waals surface area contributed by atoms with E-state index in [9.17, 15) is 0 Å². The summed E-state index contributed by atoms with van der Waals surface area (Å²) in [6, 6.07) is 0. The van der Waals surface area contributed by atoms with E-state index in [4.69, 9.17) is 10.3 Å². The van der Waals surface area contributed by atoms with E-state index in [1.54, 1.807) is 12.4 Å². The monoisotopic (exact) mass is 235 g/mol. The molecule has 0 saturated carbocycles. The second kappa shape index (κ2) is 4.67. The topological polar surface area (TPSA) is 93.6 Å². The summed E-state index contributed by atoms with van der Waals surface area (Å²) in [6.45, 7) is 4.65. The first kappa shape index (κ1) is 11.8. The smallest absolute Gasteiger partial charge is 0.238 e. The molecule has 0 atom stereocenters. The van der Waals surface area contributed by atoms with E-state index in [1.165, 1.54) is 0 Å². The van der Waals surface area contributed by atoms with Gasteiger partial charge in [0.05, 0.1) is 5.41 Å². The lowest BCUT2D eigenvalue weighted by atomic mass is 9.82. The summed E-state index contributed by atoms with van der Waals surface area (Å²) in [5.41, 5.74) is 5.61. The molecule has 6 nitrogen and oxygen atoms in total. The van der Waals surface area contributed by atoms with Crippen molar-refractivity contribution in [2.75, 3.05) is 6.54 Å². The summed E-state index contributed by atoms with van der Waals surface area (Å²) in [5.74, 6) is 1.68. The number of hydrogen-bond acceptors (Lipinski definition) is 5. The number of rotatable bonds is 5. The Morgan fingerprint density at radius 1 is 1.41 bits per heavy atom. The van der Waals surface area contributed by atoms with Crippen LogP contribution in [-0.2, 0) is 5.41 Å². The van der Waals surface area contributed by atoms with E-state index in [-0.39, 0.29) is 5.41 Å². The standard InChI is InChI=1S/C11H17N5O/c1-3-11(4-2,7-12)10-15-9(16-17-10)8-13-5-6-14-8/h5-6H,3-4,7,12H2,1-2H3,(H,13,14). The molecule has 0 bridgehead atoms. The van der Waals surface area contributed by atoms with Gasteiger partial charge in [0.1, 0.15) is 0 Å². The molecule has 0 aliphatic heterocycles. The molecule has 6 heteroatoms. The van der Waals surface area contributed by atoms with Gasteiger partial charge in [-0.05, 0) is 12.8 Å². The van der Waals surface area contributed by atoms with Crippen molar-refractivity contribution in [1.29, 1.82) is 0 Å². The van der Waals surface area contributed by atoms with Gasteiger partial charge in [-0.3, -0.25) is 0 Å². The average molecular weight is 235 g/mol. The van der Waals surface area contributed by atoms with E-state index >= 15 is 0 Å². The van der Waals surface area contributed by atoms with Gasteiger partial charge < -0.3 is 15.2 Å². The lowest BCUT2D eigenvalue weighted by Gasteiger charge is -2.24. The molecule has 0 aromatic carbocycles. The molecule has 0 saturated heterocycles. The van der Waals surface area contributed by atoms with Gasteiger partial charge in [0.2, 0.25) is 11.7 Å². The zero-order chi connectivity index (χ0) is 12.3. The Hall–Kier alpha value is -1.69. The summed E-state index contributed by atoms with van der Waals surface area (Å²) < 4.78 is 5.33. The number of nitrogens with zero attached hydrogens (tertiary/aromatic N) is 3. The zero-order valence-electron chi connectivity index (χ0n) is 10.1. The molecule has 0 radical (unpaired) electrons. The Labute approximate surface area is 99.6 Å². The number of nitrogens with one attached hydrogen (secondary N) is 1. The van der Waals surface area contributed by atoms with Gasteiger partial charge in [0, 0.05) is 18.9 Å². The molecule has 0 spiro atoms. The minimum Gasteiger partial charge on any atom is -0.342 e. The first-order valence-corrected chi connectivity index (χ1v) is 5.79. The average Bonchev–Trinajstić information content (AvgIpc) is 3.03. The summed E-state index contributed by atoms with van der Waals surface area (Å²) in [7, 11) is 0. The predicted octanol–water partition coefficient (Wildman–Crippen LogP) is 1.48. The normalized spacial score (nSPS) is 11.9. The first-order chi connectivity index (χ1) is 8.25. The summed E-state index contributed by atoms with van der Waals surface area (Å²) in [4.78, 5) is 11.4. The fourth-order valence-electron chi connectivity index (χ4n) is 1.85. The quantitative estimate of drug-likeness (QED) is 0.818. The molecule has 0 aliphatic rings. The zero-order valence-corrected chi connectivity index (χ0v) is 10.1. The lowest BCUT2D eigenvalue weighted by molar-refractivity contribution is 0.267. The van der Waals surface area contributed by atoms with Crippen LogP contribution in [0, 0.1) is 0 Å². The number of H-pyrrole nitrogens is 1. The van der Waals surface area contributed by atoms with Gasteiger partial charge in [-0.2, -0.15) is 4.98 Å². The molecule has 0 amide bonds. The van der Waals surface area contributed by atoms with Gasteiger partial charge in [-0.25, -0.2) is 4.98 Å². The Balaban J connectivity index is 2.35. The third kappa shape index (κ3) is 1.95. The maximum Gasteiger partial charge on any atom is 0.238 e. The molecule has 0 fully saturated rings. The van der Waals surface area contributed by atoms with Crippen LogP contribution in [0.1, 0.15) is 32.6 Å². The van der Waals surface area contributed by atoms with Crippen molar-refractivity contribution in [2.24, 2.45) is 5.73 Å². The molecule has 2 heterocycles. The molecule has 3 N–H and O–H groups in total. The maximum absolute atomic E-state index is 5.84. The minimum absolute atomic E-state index is 0.224. The van der Waals surface area contributed by atoms with Crippen LogP contribution in [0.3, 0.4) is 0 Å². The van der Waals surface area contributed by atoms with Crippen molar-refractivity contribution in [3.8, 4) is 11.6 Å². The van der Waals surface area contributed by atoms with E-state index in [2.05, 4.69) is 34.0 Å². The van der Waals surface area contributed by atoms with Crippen LogP contribution in [0.4, 0.5) is 0 Å². The second-order valence-electron chi connectivity index (χ2n) is 4.05. The molecule has 0 unspecified atom stereocenters. The molecule has 0 aliphatic carbocycles. The summed E-state index contributed by atoms with van der Waals surface area (Å²) in [5, 5.41) is 3.93. The SMILES string of the molecule is CCC(CC)(CN)c1nc(-c2ncc[nH]2)no1. The van der Waals surface area contributed by atoms with Crippen molar-refractivity contribution in [3.05, 3.63) is 18.3 Å². The second-order valence-corrected chi connectivity index (χ2v) is 4.05. The molecular weight excluding hydrogens is 218 g/mol. The van der Waals surface area contributed by atoms with Crippen LogP contribution in [0.2, 0.25) is 0 Å². The Morgan fingerprint density at radius 3 is 2.71 bits per heavy atom. The molecule has 17 heavy (non-hydrogen) atoms. The van der Waals surface area contributed by atoms with E-state index in [0.717, 1.165) is 12.8 Å². The van der Waals surface area contributed by atoms with Crippen LogP contribution in [0.15, 0.2) is 16.9 Å². The fourth-order valence-corrected chi connectivity index (χ4v) is 1.85. The van der Waals surface area contributed by atoms with Crippen molar-refractivity contribution in [1.82, 2.24) is 20.1 Å². The molecular formula is C11H17N5O. The number of aromatic nitrogens is 4. The van der Waals surface area contributed by atoms with E-state index in [1.807, 2.05) is 0 Å². The highest BCUT2D eigenvalue weighted by Crippen LogP contribution is 2.30. The van der Waals surface area contributed by atoms with Crippen LogP contribution in [-0.4, -0.2) is 26.7 Å².